The Hall–Kier alpha value is -3.18. The molecule has 0 saturated carbocycles. The van der Waals surface area contributed by atoms with Crippen LogP contribution < -0.4 is 5.32 Å². The van der Waals surface area contributed by atoms with Crippen LogP contribution in [0.5, 0.6) is 0 Å². The van der Waals surface area contributed by atoms with Gasteiger partial charge in [-0.15, -0.1) is 11.3 Å². The number of carbonyl (C=O) groups is 1. The fourth-order valence-corrected chi connectivity index (χ4v) is 3.84. The monoisotopic (exact) mass is 387 g/mol. The number of hydrogen-bond donors (Lipinski definition) is 1. The van der Waals surface area contributed by atoms with Crippen LogP contribution in [-0.2, 0) is 6.54 Å². The second-order valence-corrected chi connectivity index (χ2v) is 7.50. The summed E-state index contributed by atoms with van der Waals surface area (Å²) in [6.07, 6.45) is 4.23. The second-order valence-electron chi connectivity index (χ2n) is 6.55. The molecule has 0 saturated heterocycles. The van der Waals surface area contributed by atoms with Crippen LogP contribution in [0.15, 0.2) is 78.2 Å². The van der Waals surface area contributed by atoms with E-state index in [9.17, 15) is 4.79 Å². The van der Waals surface area contributed by atoms with Gasteiger partial charge < -0.3 is 9.88 Å². The minimum absolute atomic E-state index is 0.0686. The topological polar surface area (TPSA) is 46.9 Å². The van der Waals surface area contributed by atoms with Crippen molar-refractivity contribution in [3.05, 3.63) is 94.5 Å². The van der Waals surface area contributed by atoms with Crippen molar-refractivity contribution in [3.63, 3.8) is 0 Å². The van der Waals surface area contributed by atoms with Crippen LogP contribution >= 0.6 is 11.3 Å². The van der Waals surface area contributed by atoms with E-state index in [0.717, 1.165) is 22.4 Å². The van der Waals surface area contributed by atoms with E-state index in [0.29, 0.717) is 11.4 Å². The first-order chi connectivity index (χ1) is 13.7. The third-order valence-corrected chi connectivity index (χ3v) is 5.43. The first-order valence-corrected chi connectivity index (χ1v) is 10.1. The molecule has 28 heavy (non-hydrogen) atoms. The molecule has 0 fully saturated rings. The average Bonchev–Trinajstić information content (AvgIpc) is 3.37. The zero-order valence-electron chi connectivity index (χ0n) is 15.6. The maximum absolute atomic E-state index is 12.5. The van der Waals surface area contributed by atoms with Gasteiger partial charge in [0.15, 0.2) is 0 Å². The largest absolute Gasteiger partial charge is 0.342 e. The molecule has 2 aromatic carbocycles. The third-order valence-electron chi connectivity index (χ3n) is 4.56. The number of thiophene rings is 1. The number of carbonyl (C=O) groups excluding carboxylic acids is 1. The quantitative estimate of drug-likeness (QED) is 0.488. The van der Waals surface area contributed by atoms with Crippen molar-refractivity contribution in [2.75, 3.05) is 0 Å². The van der Waals surface area contributed by atoms with Gasteiger partial charge in [-0.1, -0.05) is 60.7 Å². The van der Waals surface area contributed by atoms with E-state index in [1.807, 2.05) is 60.8 Å². The molecule has 2 heterocycles. The molecule has 0 radical (unpaired) electrons. The minimum atomic E-state index is -0.202. The zero-order valence-corrected chi connectivity index (χ0v) is 16.4. The Morgan fingerprint density at radius 3 is 2.68 bits per heavy atom. The Morgan fingerprint density at radius 2 is 1.89 bits per heavy atom. The van der Waals surface area contributed by atoms with Gasteiger partial charge in [0.2, 0.25) is 0 Å². The van der Waals surface area contributed by atoms with Gasteiger partial charge in [0, 0.05) is 6.54 Å². The van der Waals surface area contributed by atoms with Gasteiger partial charge in [-0.05, 0) is 36.1 Å². The normalized spacial score (nSPS) is 12.5. The van der Waals surface area contributed by atoms with Crippen molar-refractivity contribution in [2.45, 2.75) is 19.5 Å². The Balaban J connectivity index is 1.61. The summed E-state index contributed by atoms with van der Waals surface area (Å²) < 4.78 is 2.16. The minimum Gasteiger partial charge on any atom is -0.342 e. The fraction of sp³-hybridized carbons (Fsp3) is 0.130. The molecule has 0 bridgehead atoms. The predicted molar refractivity (Wildman–Crippen MR) is 115 cm³/mol. The number of para-hydroxylation sites is 2. The van der Waals surface area contributed by atoms with Gasteiger partial charge in [-0.25, -0.2) is 4.98 Å². The van der Waals surface area contributed by atoms with Gasteiger partial charge in [0.1, 0.15) is 5.82 Å². The molecule has 5 heteroatoms. The molecule has 0 aliphatic carbocycles. The van der Waals surface area contributed by atoms with E-state index in [-0.39, 0.29) is 11.9 Å². The van der Waals surface area contributed by atoms with Gasteiger partial charge in [0.25, 0.3) is 5.91 Å². The lowest BCUT2D eigenvalue weighted by Crippen LogP contribution is -2.28. The molecule has 0 aliphatic rings. The summed E-state index contributed by atoms with van der Waals surface area (Å²) in [6.45, 7) is 2.66. The highest BCUT2D eigenvalue weighted by molar-refractivity contribution is 7.12. The Bertz CT molecular complexity index is 1100. The third kappa shape index (κ3) is 3.89. The van der Waals surface area contributed by atoms with E-state index in [1.54, 1.807) is 0 Å². The first-order valence-electron chi connectivity index (χ1n) is 9.23. The van der Waals surface area contributed by atoms with Crippen LogP contribution in [0.4, 0.5) is 0 Å². The molecule has 0 spiro atoms. The summed E-state index contributed by atoms with van der Waals surface area (Å²) in [7, 11) is 0. The molecule has 4 rings (SSSR count). The van der Waals surface area contributed by atoms with E-state index in [4.69, 9.17) is 4.98 Å². The molecule has 140 valence electrons. The summed E-state index contributed by atoms with van der Waals surface area (Å²) in [5.41, 5.74) is 3.16. The molecule has 1 atom stereocenters. The van der Waals surface area contributed by atoms with E-state index in [2.05, 4.69) is 40.2 Å². The lowest BCUT2D eigenvalue weighted by Gasteiger charge is -2.15. The maximum atomic E-state index is 12.5. The zero-order chi connectivity index (χ0) is 19.3. The standard InChI is InChI=1S/C23H21N3OS/c1-17(24-23(27)21-14-8-16-28-21)22-25-19-12-5-6-13-20(19)26(22)15-7-11-18-9-3-2-4-10-18/h2-14,16-17H,15H2,1H3,(H,24,27)/b11-7+. The van der Waals surface area contributed by atoms with Crippen LogP contribution in [0, 0.1) is 0 Å². The maximum Gasteiger partial charge on any atom is 0.261 e. The smallest absolute Gasteiger partial charge is 0.261 e. The van der Waals surface area contributed by atoms with Crippen molar-refractivity contribution in [3.8, 4) is 0 Å². The van der Waals surface area contributed by atoms with Crippen LogP contribution in [-0.4, -0.2) is 15.5 Å². The highest BCUT2D eigenvalue weighted by Gasteiger charge is 2.18. The molecule has 2 aromatic heterocycles. The number of nitrogens with zero attached hydrogens (tertiary/aromatic N) is 2. The number of amides is 1. The summed E-state index contributed by atoms with van der Waals surface area (Å²) in [6, 6.07) is 21.8. The summed E-state index contributed by atoms with van der Waals surface area (Å²) >= 11 is 1.44. The number of imidazole rings is 1. The van der Waals surface area contributed by atoms with Crippen molar-refractivity contribution in [1.29, 1.82) is 0 Å². The van der Waals surface area contributed by atoms with Gasteiger partial charge in [-0.3, -0.25) is 4.79 Å². The molecule has 4 aromatic rings. The number of nitrogens with one attached hydrogen (secondary N) is 1. The highest BCUT2D eigenvalue weighted by atomic mass is 32.1. The summed E-state index contributed by atoms with van der Waals surface area (Å²) in [5, 5.41) is 4.98. The number of rotatable bonds is 6. The molecule has 4 nitrogen and oxygen atoms in total. The number of hydrogen-bond acceptors (Lipinski definition) is 3. The molecule has 1 unspecified atom stereocenters. The Kier molecular flexibility index (Phi) is 5.35. The fourth-order valence-electron chi connectivity index (χ4n) is 3.22. The van der Waals surface area contributed by atoms with Crippen LogP contribution in [0.25, 0.3) is 17.1 Å². The SMILES string of the molecule is CC(NC(=O)c1cccs1)c1nc2ccccc2n1C/C=C/c1ccccc1. The van der Waals surface area contributed by atoms with E-state index < -0.39 is 0 Å². The predicted octanol–water partition coefficient (Wildman–Crippen LogP) is 5.30. The lowest BCUT2D eigenvalue weighted by molar-refractivity contribution is 0.0942. The van der Waals surface area contributed by atoms with Crippen LogP contribution in [0.3, 0.4) is 0 Å². The van der Waals surface area contributed by atoms with Crippen molar-refractivity contribution < 1.29 is 4.79 Å². The first kappa shape index (κ1) is 18.2. The second kappa shape index (κ2) is 8.23. The van der Waals surface area contributed by atoms with Gasteiger partial charge in [0.05, 0.1) is 22.0 Å². The number of fused-ring (bicyclic) bond motifs is 1. The average molecular weight is 388 g/mol. The van der Waals surface area contributed by atoms with Crippen LogP contribution in [0.2, 0.25) is 0 Å². The molecule has 1 amide bonds. The van der Waals surface area contributed by atoms with E-state index in [1.165, 1.54) is 11.3 Å². The van der Waals surface area contributed by atoms with Crippen molar-refractivity contribution >= 4 is 34.4 Å². The van der Waals surface area contributed by atoms with Gasteiger partial charge >= 0.3 is 0 Å². The molecule has 0 aliphatic heterocycles. The van der Waals surface area contributed by atoms with Crippen molar-refractivity contribution in [1.82, 2.24) is 14.9 Å². The molecular formula is C23H21N3OS. The molecule has 1 N–H and O–H groups in total. The number of aromatic nitrogens is 2. The Morgan fingerprint density at radius 1 is 1.11 bits per heavy atom. The Labute approximate surface area is 168 Å². The van der Waals surface area contributed by atoms with Crippen molar-refractivity contribution in [2.24, 2.45) is 0 Å². The van der Waals surface area contributed by atoms with Crippen LogP contribution in [0.1, 0.15) is 34.0 Å². The summed E-state index contributed by atoms with van der Waals surface area (Å²) in [4.78, 5) is 18.0. The number of allylic oxidation sites excluding steroid dienone is 1. The highest BCUT2D eigenvalue weighted by Crippen LogP contribution is 2.22. The van der Waals surface area contributed by atoms with Gasteiger partial charge in [-0.2, -0.15) is 0 Å². The molecular weight excluding hydrogens is 366 g/mol. The number of benzene rings is 2. The van der Waals surface area contributed by atoms with E-state index >= 15 is 0 Å². The summed E-state index contributed by atoms with van der Waals surface area (Å²) in [5.74, 6) is 0.782. The lowest BCUT2D eigenvalue weighted by atomic mass is 10.2.